The SMILES string of the molecule is O=C(O)COc1ccc(CCCS(=O)(=O)c2ccc(Cl)cc2)cc1NC(=O)c1cccc(OCc2nc3ccccc3s2)c1. The van der Waals surface area contributed by atoms with Crippen LogP contribution in [0.15, 0.2) is 95.9 Å². The number of hydrogen-bond acceptors (Lipinski definition) is 8. The molecule has 1 aromatic heterocycles. The fourth-order valence-electron chi connectivity index (χ4n) is 4.37. The van der Waals surface area contributed by atoms with Gasteiger partial charge >= 0.3 is 5.97 Å². The molecule has 0 fully saturated rings. The van der Waals surface area contributed by atoms with Gasteiger partial charge in [-0.25, -0.2) is 18.2 Å². The number of aromatic nitrogens is 1. The number of sulfone groups is 1. The Morgan fingerprint density at radius 1 is 0.932 bits per heavy atom. The summed E-state index contributed by atoms with van der Waals surface area (Å²) in [4.78, 5) is 29.1. The summed E-state index contributed by atoms with van der Waals surface area (Å²) in [6, 6.07) is 25.4. The van der Waals surface area contributed by atoms with Gasteiger partial charge in [-0.05, 0) is 85.1 Å². The van der Waals surface area contributed by atoms with E-state index in [2.05, 4.69) is 10.3 Å². The van der Waals surface area contributed by atoms with Crippen LogP contribution in [-0.4, -0.2) is 42.7 Å². The fourth-order valence-corrected chi connectivity index (χ4v) is 6.69. The molecule has 0 unspecified atom stereocenters. The van der Waals surface area contributed by atoms with Crippen molar-refractivity contribution in [3.05, 3.63) is 112 Å². The van der Waals surface area contributed by atoms with Crippen LogP contribution < -0.4 is 14.8 Å². The third-order valence-electron chi connectivity index (χ3n) is 6.49. The van der Waals surface area contributed by atoms with Crippen molar-refractivity contribution in [3.63, 3.8) is 0 Å². The molecule has 5 aromatic rings. The van der Waals surface area contributed by atoms with Gasteiger partial charge in [-0.15, -0.1) is 11.3 Å². The van der Waals surface area contributed by atoms with E-state index in [-0.39, 0.29) is 28.7 Å². The van der Waals surface area contributed by atoms with Gasteiger partial charge in [0, 0.05) is 10.6 Å². The number of anilines is 1. The zero-order valence-electron chi connectivity index (χ0n) is 23.2. The van der Waals surface area contributed by atoms with Crippen LogP contribution in [0.3, 0.4) is 0 Å². The molecule has 2 N–H and O–H groups in total. The van der Waals surface area contributed by atoms with Crippen LogP contribution in [0.4, 0.5) is 5.69 Å². The maximum absolute atomic E-state index is 13.2. The summed E-state index contributed by atoms with van der Waals surface area (Å²) in [6.45, 7) is -0.357. The van der Waals surface area contributed by atoms with Gasteiger partial charge in [0.15, 0.2) is 16.4 Å². The Bertz CT molecular complexity index is 1870. The Morgan fingerprint density at radius 2 is 1.73 bits per heavy atom. The number of thiazole rings is 1. The van der Waals surface area contributed by atoms with Gasteiger partial charge in [0.25, 0.3) is 5.91 Å². The second kappa shape index (κ2) is 13.9. The summed E-state index contributed by atoms with van der Waals surface area (Å²) in [5.74, 6) is -1.07. The molecular weight excluding hydrogens is 624 g/mol. The number of para-hydroxylation sites is 1. The molecule has 9 nitrogen and oxygen atoms in total. The zero-order chi connectivity index (χ0) is 31.1. The second-order valence-electron chi connectivity index (χ2n) is 9.74. The van der Waals surface area contributed by atoms with E-state index in [1.165, 1.54) is 35.6 Å². The highest BCUT2D eigenvalue weighted by atomic mass is 35.5. The van der Waals surface area contributed by atoms with Crippen LogP contribution in [0.1, 0.15) is 27.3 Å². The van der Waals surface area contributed by atoms with Crippen molar-refractivity contribution in [2.45, 2.75) is 24.3 Å². The highest BCUT2D eigenvalue weighted by Gasteiger charge is 2.16. The lowest BCUT2D eigenvalue weighted by atomic mass is 10.1. The molecule has 12 heteroatoms. The second-order valence-corrected chi connectivity index (χ2v) is 13.4. The molecule has 0 aliphatic heterocycles. The molecule has 0 spiro atoms. The number of nitrogens with zero attached hydrogens (tertiary/aromatic N) is 1. The molecule has 0 aliphatic rings. The van der Waals surface area contributed by atoms with Crippen molar-refractivity contribution < 1.29 is 32.6 Å². The molecule has 0 atom stereocenters. The number of carbonyl (C=O) groups excluding carboxylic acids is 1. The number of aliphatic carboxylic acids is 1. The van der Waals surface area contributed by atoms with Crippen LogP contribution in [0.5, 0.6) is 11.5 Å². The first-order chi connectivity index (χ1) is 21.2. The van der Waals surface area contributed by atoms with Crippen LogP contribution >= 0.6 is 22.9 Å². The predicted molar refractivity (Wildman–Crippen MR) is 170 cm³/mol. The molecule has 44 heavy (non-hydrogen) atoms. The number of hydrogen-bond donors (Lipinski definition) is 2. The first-order valence-corrected chi connectivity index (χ1v) is 16.4. The standard InChI is InChI=1S/C32H27ClN2O7S2/c33-23-11-13-25(14-12-23)44(39,40)16-4-5-21-10-15-28(42-20-31(36)37)27(17-21)35-32(38)22-6-3-7-24(18-22)41-19-30-34-26-8-1-2-9-29(26)43-30/h1-3,6-15,17-18H,4-5,16,19-20H2,(H,35,38)(H,36,37). The Labute approximate surface area is 263 Å². The van der Waals surface area contributed by atoms with E-state index < -0.39 is 28.3 Å². The zero-order valence-corrected chi connectivity index (χ0v) is 25.6. The molecule has 0 radical (unpaired) electrons. The van der Waals surface area contributed by atoms with Gasteiger partial charge in [0.2, 0.25) is 0 Å². The maximum Gasteiger partial charge on any atom is 0.341 e. The molecule has 4 aromatic carbocycles. The number of rotatable bonds is 13. The van der Waals surface area contributed by atoms with Gasteiger partial charge in [-0.3, -0.25) is 4.79 Å². The number of carboxylic acids is 1. The summed E-state index contributed by atoms with van der Waals surface area (Å²) in [5.41, 5.74) is 2.21. The van der Waals surface area contributed by atoms with Crippen molar-refractivity contribution in [3.8, 4) is 11.5 Å². The third kappa shape index (κ3) is 8.13. The maximum atomic E-state index is 13.2. The van der Waals surface area contributed by atoms with E-state index >= 15 is 0 Å². The van der Waals surface area contributed by atoms with E-state index in [9.17, 15) is 18.0 Å². The largest absolute Gasteiger partial charge is 0.486 e. The normalized spacial score (nSPS) is 11.3. The monoisotopic (exact) mass is 650 g/mol. The molecule has 0 aliphatic carbocycles. The lowest BCUT2D eigenvalue weighted by molar-refractivity contribution is -0.139. The van der Waals surface area contributed by atoms with Crippen molar-refractivity contribution in [1.82, 2.24) is 4.98 Å². The number of carboxylic acid groups (broad SMARTS) is 1. The summed E-state index contributed by atoms with van der Waals surface area (Å²) in [6.07, 6.45) is 0.714. The number of aryl methyl sites for hydroxylation is 1. The number of halogens is 1. The van der Waals surface area contributed by atoms with Gasteiger partial charge < -0.3 is 19.9 Å². The van der Waals surface area contributed by atoms with E-state index in [1.54, 1.807) is 42.5 Å². The number of ether oxygens (including phenoxy) is 2. The quantitative estimate of drug-likeness (QED) is 0.145. The summed E-state index contributed by atoms with van der Waals surface area (Å²) < 4.78 is 37.8. The topological polar surface area (TPSA) is 132 Å². The Hall–Kier alpha value is -4.45. The van der Waals surface area contributed by atoms with Crippen molar-refractivity contribution in [2.24, 2.45) is 0 Å². The Kier molecular flexibility index (Phi) is 9.78. The van der Waals surface area contributed by atoms with Gasteiger partial charge in [0.05, 0.1) is 26.6 Å². The molecule has 0 saturated heterocycles. The smallest absolute Gasteiger partial charge is 0.341 e. The van der Waals surface area contributed by atoms with E-state index in [0.717, 1.165) is 20.8 Å². The first-order valence-electron chi connectivity index (χ1n) is 13.5. The minimum absolute atomic E-state index is 0.0859. The average Bonchev–Trinajstić information content (AvgIpc) is 3.43. The number of nitrogens with one attached hydrogen (secondary N) is 1. The van der Waals surface area contributed by atoms with Crippen LogP contribution in [0.2, 0.25) is 5.02 Å². The van der Waals surface area contributed by atoms with E-state index in [0.29, 0.717) is 29.2 Å². The highest BCUT2D eigenvalue weighted by Crippen LogP contribution is 2.29. The van der Waals surface area contributed by atoms with Crippen molar-refractivity contribution >= 4 is 60.6 Å². The number of fused-ring (bicyclic) bond motifs is 1. The first kappa shape index (κ1) is 31.0. The molecule has 5 rings (SSSR count). The Balaban J connectivity index is 1.26. The van der Waals surface area contributed by atoms with Crippen LogP contribution in [0.25, 0.3) is 10.2 Å². The fraction of sp³-hybridized carbons (Fsp3) is 0.156. The summed E-state index contributed by atoms with van der Waals surface area (Å²) in [5, 5.41) is 13.1. The van der Waals surface area contributed by atoms with Crippen LogP contribution in [-0.2, 0) is 27.7 Å². The van der Waals surface area contributed by atoms with E-state index in [4.69, 9.17) is 26.2 Å². The molecule has 1 amide bonds. The summed E-state index contributed by atoms with van der Waals surface area (Å²) >= 11 is 7.41. The van der Waals surface area contributed by atoms with E-state index in [1.807, 2.05) is 24.3 Å². The van der Waals surface area contributed by atoms with Gasteiger partial charge in [0.1, 0.15) is 23.1 Å². The molecule has 226 valence electrons. The van der Waals surface area contributed by atoms with Gasteiger partial charge in [-0.1, -0.05) is 35.9 Å². The molecule has 1 heterocycles. The lowest BCUT2D eigenvalue weighted by Crippen LogP contribution is -2.15. The number of benzene rings is 4. The molecule has 0 saturated carbocycles. The van der Waals surface area contributed by atoms with Crippen molar-refractivity contribution in [1.29, 1.82) is 0 Å². The summed E-state index contributed by atoms with van der Waals surface area (Å²) in [7, 11) is -3.51. The van der Waals surface area contributed by atoms with Gasteiger partial charge in [-0.2, -0.15) is 0 Å². The minimum atomic E-state index is -3.51. The molecular formula is C32H27ClN2O7S2. The van der Waals surface area contributed by atoms with Crippen molar-refractivity contribution in [2.75, 3.05) is 17.7 Å². The minimum Gasteiger partial charge on any atom is -0.486 e. The number of carbonyl (C=O) groups is 2. The van der Waals surface area contributed by atoms with Crippen LogP contribution in [0, 0.1) is 0 Å². The molecule has 0 bridgehead atoms. The number of amides is 1. The average molecular weight is 651 g/mol. The predicted octanol–water partition coefficient (Wildman–Crippen LogP) is 6.65. The third-order valence-corrected chi connectivity index (χ3v) is 9.57. The Morgan fingerprint density at radius 3 is 2.50 bits per heavy atom. The highest BCUT2D eigenvalue weighted by molar-refractivity contribution is 7.91. The lowest BCUT2D eigenvalue weighted by Gasteiger charge is -2.14.